The molecule has 2 unspecified atom stereocenters. The number of hydrogen-bond acceptors (Lipinski definition) is 6. The van der Waals surface area contributed by atoms with Crippen molar-refractivity contribution in [1.82, 2.24) is 5.32 Å². The minimum absolute atomic E-state index is 0.00751. The lowest BCUT2D eigenvalue weighted by molar-refractivity contribution is -0.130. The number of nitrogens with one attached hydrogen (secondary N) is 1. The van der Waals surface area contributed by atoms with Crippen LogP contribution in [0.1, 0.15) is 23.0 Å². The number of amides is 1. The van der Waals surface area contributed by atoms with Crippen LogP contribution in [0.2, 0.25) is 0 Å². The lowest BCUT2D eigenvalue weighted by atomic mass is 10.2. The molecule has 1 aromatic heterocycles. The summed E-state index contributed by atoms with van der Waals surface area (Å²) in [5.41, 5.74) is 0. The highest BCUT2D eigenvalue weighted by molar-refractivity contribution is 7.91. The van der Waals surface area contributed by atoms with Crippen molar-refractivity contribution >= 4 is 27.1 Å². The number of rotatable bonds is 7. The summed E-state index contributed by atoms with van der Waals surface area (Å²) in [4.78, 5) is 13.1. The summed E-state index contributed by atoms with van der Waals surface area (Å²) < 4.78 is 36.7. The third-order valence-electron chi connectivity index (χ3n) is 4.31. The predicted octanol–water partition coefficient (Wildman–Crippen LogP) is 2.57. The molecule has 0 bridgehead atoms. The quantitative estimate of drug-likeness (QED) is 0.779. The van der Waals surface area contributed by atoms with Crippen LogP contribution in [-0.2, 0) is 19.4 Å². The first-order valence-electron chi connectivity index (χ1n) is 8.33. The van der Waals surface area contributed by atoms with Crippen LogP contribution in [0.5, 0.6) is 5.75 Å². The summed E-state index contributed by atoms with van der Waals surface area (Å²) in [5.74, 6) is 0.331. The molecule has 0 saturated carbocycles. The van der Waals surface area contributed by atoms with E-state index in [-0.39, 0.29) is 17.3 Å². The molecular weight excluding hydrogens is 374 g/mol. The van der Waals surface area contributed by atoms with E-state index in [1.54, 1.807) is 24.3 Å². The first kappa shape index (κ1) is 18.9. The molecular formula is C18H21NO5S2. The van der Waals surface area contributed by atoms with Crippen molar-refractivity contribution in [3.63, 3.8) is 0 Å². The van der Waals surface area contributed by atoms with Crippen LogP contribution in [0.3, 0.4) is 0 Å². The van der Waals surface area contributed by atoms with Crippen molar-refractivity contribution < 1.29 is 22.7 Å². The second-order valence-corrected chi connectivity index (χ2v) is 9.08. The van der Waals surface area contributed by atoms with Crippen molar-refractivity contribution in [2.75, 3.05) is 20.3 Å². The average molecular weight is 396 g/mol. The van der Waals surface area contributed by atoms with Crippen LogP contribution in [-0.4, -0.2) is 40.7 Å². The van der Waals surface area contributed by atoms with Crippen LogP contribution in [0.25, 0.3) is 0 Å². The fourth-order valence-corrected chi connectivity index (χ4v) is 5.64. The van der Waals surface area contributed by atoms with Gasteiger partial charge in [0.2, 0.25) is 5.91 Å². The van der Waals surface area contributed by atoms with Gasteiger partial charge in [-0.15, -0.1) is 11.3 Å². The second-order valence-electron chi connectivity index (χ2n) is 5.97. The van der Waals surface area contributed by atoms with E-state index in [4.69, 9.17) is 9.47 Å². The molecule has 8 heteroatoms. The largest absolute Gasteiger partial charge is 0.497 e. The Hall–Kier alpha value is -1.90. The molecule has 26 heavy (non-hydrogen) atoms. The predicted molar refractivity (Wildman–Crippen MR) is 99.2 cm³/mol. The SMILES string of the molecule is COc1ccc(S(=O)(=O)C(CNC(=O)C2CCCO2)c2cccs2)cc1. The zero-order chi connectivity index (χ0) is 18.6. The van der Waals surface area contributed by atoms with Gasteiger partial charge in [0.05, 0.1) is 12.0 Å². The van der Waals surface area contributed by atoms with E-state index in [0.29, 0.717) is 23.7 Å². The number of carbonyl (C=O) groups excluding carboxylic acids is 1. The highest BCUT2D eigenvalue weighted by atomic mass is 32.2. The molecule has 3 rings (SSSR count). The third kappa shape index (κ3) is 4.08. The van der Waals surface area contributed by atoms with Gasteiger partial charge in [-0.25, -0.2) is 8.42 Å². The summed E-state index contributed by atoms with van der Waals surface area (Å²) in [6.07, 6.45) is 1.03. The van der Waals surface area contributed by atoms with Gasteiger partial charge < -0.3 is 14.8 Å². The molecule has 1 fully saturated rings. The lowest BCUT2D eigenvalue weighted by Crippen LogP contribution is -2.38. The normalized spacial score (nSPS) is 18.4. The fourth-order valence-electron chi connectivity index (χ4n) is 2.86. The van der Waals surface area contributed by atoms with Gasteiger partial charge in [-0.2, -0.15) is 0 Å². The van der Waals surface area contributed by atoms with Gasteiger partial charge >= 0.3 is 0 Å². The van der Waals surface area contributed by atoms with Gasteiger partial charge in [0.15, 0.2) is 9.84 Å². The number of sulfone groups is 1. The summed E-state index contributed by atoms with van der Waals surface area (Å²) in [7, 11) is -2.14. The van der Waals surface area contributed by atoms with Crippen LogP contribution in [0, 0.1) is 0 Å². The molecule has 2 heterocycles. The van der Waals surface area contributed by atoms with Gasteiger partial charge in [0.25, 0.3) is 0 Å². The van der Waals surface area contributed by atoms with Crippen LogP contribution in [0.15, 0.2) is 46.7 Å². The Balaban J connectivity index is 1.81. The van der Waals surface area contributed by atoms with Crippen molar-refractivity contribution in [3.8, 4) is 5.75 Å². The maximum Gasteiger partial charge on any atom is 0.249 e. The molecule has 0 aliphatic carbocycles. The van der Waals surface area contributed by atoms with Gasteiger partial charge in [-0.1, -0.05) is 6.07 Å². The minimum atomic E-state index is -3.67. The molecule has 0 radical (unpaired) electrons. The maximum atomic E-state index is 13.1. The van der Waals surface area contributed by atoms with E-state index in [1.165, 1.54) is 30.6 Å². The number of hydrogen-bond donors (Lipinski definition) is 1. The Bertz CT molecular complexity index is 825. The molecule has 140 valence electrons. The average Bonchev–Trinajstić information content (AvgIpc) is 3.35. The molecule has 2 atom stereocenters. The summed E-state index contributed by atoms with van der Waals surface area (Å²) in [6.45, 7) is 0.574. The Kier molecular flexibility index (Phi) is 5.95. The molecule has 1 N–H and O–H groups in total. The summed E-state index contributed by atoms with van der Waals surface area (Å²) in [5, 5.41) is 3.73. The third-order valence-corrected chi connectivity index (χ3v) is 7.54. The first-order chi connectivity index (χ1) is 12.5. The molecule has 1 amide bonds. The minimum Gasteiger partial charge on any atom is -0.497 e. The van der Waals surface area contributed by atoms with Crippen LogP contribution >= 0.6 is 11.3 Å². The van der Waals surface area contributed by atoms with Crippen LogP contribution in [0.4, 0.5) is 0 Å². The zero-order valence-electron chi connectivity index (χ0n) is 14.4. The van der Waals surface area contributed by atoms with Crippen molar-refractivity contribution in [3.05, 3.63) is 46.7 Å². The highest BCUT2D eigenvalue weighted by Crippen LogP contribution is 2.32. The standard InChI is InChI=1S/C18H21NO5S2/c1-23-13-6-8-14(9-7-13)26(21,22)17(16-5-3-11-25-16)12-19-18(20)15-4-2-10-24-15/h3,5-9,11,15,17H,2,4,10,12H2,1H3,(H,19,20). The summed E-state index contributed by atoms with van der Waals surface area (Å²) >= 11 is 1.36. The topological polar surface area (TPSA) is 81.7 Å². The Morgan fingerprint density at radius 3 is 2.69 bits per heavy atom. The van der Waals surface area contributed by atoms with E-state index in [0.717, 1.165) is 6.42 Å². The van der Waals surface area contributed by atoms with E-state index < -0.39 is 21.2 Å². The zero-order valence-corrected chi connectivity index (χ0v) is 16.0. The van der Waals surface area contributed by atoms with Crippen molar-refractivity contribution in [2.24, 2.45) is 0 Å². The Morgan fingerprint density at radius 2 is 2.12 bits per heavy atom. The number of methoxy groups -OCH3 is 1. The molecule has 1 aliphatic rings. The number of carbonyl (C=O) groups is 1. The molecule has 1 aromatic carbocycles. The number of benzene rings is 1. The monoisotopic (exact) mass is 395 g/mol. The van der Waals surface area contributed by atoms with Crippen LogP contribution < -0.4 is 10.1 Å². The Labute approximate surface area is 157 Å². The van der Waals surface area contributed by atoms with E-state index >= 15 is 0 Å². The first-order valence-corrected chi connectivity index (χ1v) is 10.8. The van der Waals surface area contributed by atoms with E-state index in [2.05, 4.69) is 5.32 Å². The Morgan fingerprint density at radius 1 is 1.35 bits per heavy atom. The number of thiophene rings is 1. The van der Waals surface area contributed by atoms with Gasteiger partial charge in [0, 0.05) is 18.0 Å². The van der Waals surface area contributed by atoms with E-state index in [9.17, 15) is 13.2 Å². The molecule has 2 aromatic rings. The molecule has 1 aliphatic heterocycles. The van der Waals surface area contributed by atoms with Crippen molar-refractivity contribution in [1.29, 1.82) is 0 Å². The van der Waals surface area contributed by atoms with E-state index in [1.807, 2.05) is 5.38 Å². The van der Waals surface area contributed by atoms with Gasteiger partial charge in [-0.05, 0) is 48.6 Å². The lowest BCUT2D eigenvalue weighted by Gasteiger charge is -2.19. The smallest absolute Gasteiger partial charge is 0.249 e. The summed E-state index contributed by atoms with van der Waals surface area (Å²) in [6, 6.07) is 9.85. The second kappa shape index (κ2) is 8.20. The maximum absolute atomic E-state index is 13.1. The van der Waals surface area contributed by atoms with Gasteiger partial charge in [0.1, 0.15) is 17.1 Å². The fraction of sp³-hybridized carbons (Fsp3) is 0.389. The van der Waals surface area contributed by atoms with Gasteiger partial charge in [-0.3, -0.25) is 4.79 Å². The molecule has 1 saturated heterocycles. The molecule has 0 spiro atoms. The van der Waals surface area contributed by atoms with Crippen molar-refractivity contribution in [2.45, 2.75) is 29.1 Å². The molecule has 6 nitrogen and oxygen atoms in total. The number of ether oxygens (including phenoxy) is 2. The highest BCUT2D eigenvalue weighted by Gasteiger charge is 2.32.